The average molecular weight is 227 g/mol. The molecule has 0 aromatic heterocycles. The van der Waals surface area contributed by atoms with Crippen LogP contribution in [-0.2, 0) is 4.74 Å². The fourth-order valence-corrected chi connectivity index (χ4v) is 2.96. The third-order valence-corrected chi connectivity index (χ3v) is 4.21. The fourth-order valence-electron chi connectivity index (χ4n) is 2.96. The molecule has 0 radical (unpaired) electrons. The van der Waals surface area contributed by atoms with Gasteiger partial charge >= 0.3 is 0 Å². The molecule has 0 aromatic rings. The molecule has 16 heavy (non-hydrogen) atoms. The van der Waals surface area contributed by atoms with E-state index in [0.717, 1.165) is 11.8 Å². The summed E-state index contributed by atoms with van der Waals surface area (Å²) in [6, 6.07) is 0.761. The van der Waals surface area contributed by atoms with E-state index in [2.05, 4.69) is 19.2 Å². The van der Waals surface area contributed by atoms with Crippen molar-refractivity contribution < 1.29 is 9.84 Å². The van der Waals surface area contributed by atoms with Crippen LogP contribution in [0.2, 0.25) is 0 Å². The van der Waals surface area contributed by atoms with Gasteiger partial charge in [-0.3, -0.25) is 0 Å². The molecule has 2 unspecified atom stereocenters. The zero-order chi connectivity index (χ0) is 11.5. The smallest absolute Gasteiger partial charge is 0.0948 e. The maximum absolute atomic E-state index is 9.67. The summed E-state index contributed by atoms with van der Waals surface area (Å²) in [5.74, 6) is 1.73. The first-order valence-electron chi connectivity index (χ1n) is 6.68. The highest BCUT2D eigenvalue weighted by Crippen LogP contribution is 2.30. The average Bonchev–Trinajstić information content (AvgIpc) is 2.65. The van der Waals surface area contributed by atoms with Crippen LogP contribution in [0, 0.1) is 11.8 Å². The van der Waals surface area contributed by atoms with Crippen molar-refractivity contribution in [2.75, 3.05) is 13.2 Å². The highest BCUT2D eigenvalue weighted by atomic mass is 16.5. The molecule has 3 nitrogen and oxygen atoms in total. The topological polar surface area (TPSA) is 41.5 Å². The molecular weight excluding hydrogens is 202 g/mol. The van der Waals surface area contributed by atoms with Gasteiger partial charge in [-0.2, -0.15) is 0 Å². The Hall–Kier alpha value is -0.120. The Morgan fingerprint density at radius 3 is 2.31 bits per heavy atom. The van der Waals surface area contributed by atoms with Crippen molar-refractivity contribution in [3.63, 3.8) is 0 Å². The summed E-state index contributed by atoms with van der Waals surface area (Å²) in [5, 5.41) is 13.2. The Morgan fingerprint density at radius 1 is 1.12 bits per heavy atom. The van der Waals surface area contributed by atoms with Crippen molar-refractivity contribution in [1.82, 2.24) is 5.32 Å². The van der Waals surface area contributed by atoms with Gasteiger partial charge in [0.15, 0.2) is 0 Å². The van der Waals surface area contributed by atoms with Crippen LogP contribution >= 0.6 is 0 Å². The lowest BCUT2D eigenvalue weighted by Crippen LogP contribution is -2.46. The van der Waals surface area contributed by atoms with Crippen LogP contribution in [0.3, 0.4) is 0 Å². The molecular formula is C13H25NO2. The number of ether oxygens (including phenoxy) is 1. The summed E-state index contributed by atoms with van der Waals surface area (Å²) in [6.45, 7) is 5.82. The van der Waals surface area contributed by atoms with Crippen molar-refractivity contribution in [1.29, 1.82) is 0 Å². The molecule has 1 heterocycles. The van der Waals surface area contributed by atoms with Gasteiger partial charge < -0.3 is 15.2 Å². The van der Waals surface area contributed by atoms with E-state index in [1.165, 1.54) is 25.7 Å². The normalized spacial score (nSPS) is 40.5. The summed E-state index contributed by atoms with van der Waals surface area (Å²) in [7, 11) is 0. The molecule has 2 atom stereocenters. The van der Waals surface area contributed by atoms with Gasteiger partial charge in [0.05, 0.1) is 25.4 Å². The van der Waals surface area contributed by atoms with Gasteiger partial charge in [0.2, 0.25) is 0 Å². The Kier molecular flexibility index (Phi) is 4.22. The Morgan fingerprint density at radius 2 is 1.81 bits per heavy atom. The fraction of sp³-hybridized carbons (Fsp3) is 1.00. The lowest BCUT2D eigenvalue weighted by molar-refractivity contribution is 0.119. The molecule has 0 spiro atoms. The van der Waals surface area contributed by atoms with E-state index in [9.17, 15) is 5.11 Å². The first-order valence-corrected chi connectivity index (χ1v) is 6.68. The van der Waals surface area contributed by atoms with Gasteiger partial charge in [-0.25, -0.2) is 0 Å². The van der Waals surface area contributed by atoms with Crippen LogP contribution in [0.1, 0.15) is 39.5 Å². The molecule has 2 aliphatic rings. The van der Waals surface area contributed by atoms with Gasteiger partial charge in [-0.1, -0.05) is 13.8 Å². The predicted molar refractivity (Wildman–Crippen MR) is 64.3 cm³/mol. The largest absolute Gasteiger partial charge is 0.389 e. The van der Waals surface area contributed by atoms with E-state index in [0.29, 0.717) is 19.3 Å². The Labute approximate surface area is 98.6 Å². The van der Waals surface area contributed by atoms with Crippen molar-refractivity contribution in [3.05, 3.63) is 0 Å². The van der Waals surface area contributed by atoms with E-state index in [1.54, 1.807) is 0 Å². The van der Waals surface area contributed by atoms with Crippen LogP contribution in [0.25, 0.3) is 0 Å². The van der Waals surface area contributed by atoms with Crippen LogP contribution in [0.15, 0.2) is 0 Å². The van der Waals surface area contributed by atoms with Gasteiger partial charge in [0.1, 0.15) is 0 Å². The third kappa shape index (κ3) is 2.96. The standard InChI is InChI=1S/C13H25NO2/c1-9(2)10-3-5-11(6-4-10)14-12-7-16-8-13(12)15/h9-15H,3-8H2,1-2H3. The quantitative estimate of drug-likeness (QED) is 0.768. The lowest BCUT2D eigenvalue weighted by atomic mass is 9.79. The predicted octanol–water partition coefficient (Wildman–Crippen LogP) is 1.55. The number of hydrogen-bond acceptors (Lipinski definition) is 3. The molecule has 1 saturated heterocycles. The number of aliphatic hydroxyl groups excluding tert-OH is 1. The molecule has 0 bridgehead atoms. The van der Waals surface area contributed by atoms with Gasteiger partial charge in [0.25, 0.3) is 0 Å². The minimum Gasteiger partial charge on any atom is -0.389 e. The molecule has 1 aliphatic carbocycles. The van der Waals surface area contributed by atoms with Gasteiger partial charge in [-0.15, -0.1) is 0 Å². The van der Waals surface area contributed by atoms with Crippen LogP contribution in [0.4, 0.5) is 0 Å². The van der Waals surface area contributed by atoms with Crippen molar-refractivity contribution in [2.45, 2.75) is 57.7 Å². The van der Waals surface area contributed by atoms with E-state index in [4.69, 9.17) is 4.74 Å². The number of aliphatic hydroxyl groups is 1. The zero-order valence-electron chi connectivity index (χ0n) is 10.5. The van der Waals surface area contributed by atoms with E-state index in [1.807, 2.05) is 0 Å². The van der Waals surface area contributed by atoms with E-state index < -0.39 is 0 Å². The minimum atomic E-state index is -0.303. The SMILES string of the molecule is CC(C)C1CCC(NC2COCC2O)CC1. The maximum Gasteiger partial charge on any atom is 0.0948 e. The number of rotatable bonds is 3. The van der Waals surface area contributed by atoms with Crippen molar-refractivity contribution >= 4 is 0 Å². The van der Waals surface area contributed by atoms with Crippen LogP contribution < -0.4 is 5.32 Å². The molecule has 3 heteroatoms. The maximum atomic E-state index is 9.67. The molecule has 0 aromatic carbocycles. The van der Waals surface area contributed by atoms with Crippen molar-refractivity contribution in [3.8, 4) is 0 Å². The molecule has 2 N–H and O–H groups in total. The summed E-state index contributed by atoms with van der Waals surface area (Å²) in [6.07, 6.45) is 4.87. The number of nitrogens with one attached hydrogen (secondary N) is 1. The minimum absolute atomic E-state index is 0.167. The third-order valence-electron chi connectivity index (χ3n) is 4.21. The Balaban J connectivity index is 1.72. The monoisotopic (exact) mass is 227 g/mol. The van der Waals surface area contributed by atoms with E-state index in [-0.39, 0.29) is 12.1 Å². The Bertz CT molecular complexity index is 212. The summed E-state index contributed by atoms with van der Waals surface area (Å²) < 4.78 is 5.26. The van der Waals surface area contributed by atoms with Gasteiger partial charge in [-0.05, 0) is 37.5 Å². The summed E-state index contributed by atoms with van der Waals surface area (Å²) >= 11 is 0. The second-order valence-corrected chi connectivity index (χ2v) is 5.73. The molecule has 1 aliphatic heterocycles. The van der Waals surface area contributed by atoms with E-state index >= 15 is 0 Å². The lowest BCUT2D eigenvalue weighted by Gasteiger charge is -2.33. The highest BCUT2D eigenvalue weighted by Gasteiger charge is 2.30. The molecule has 2 rings (SSSR count). The van der Waals surface area contributed by atoms with Crippen LogP contribution in [0.5, 0.6) is 0 Å². The van der Waals surface area contributed by atoms with Crippen LogP contribution in [-0.4, -0.2) is 36.5 Å². The molecule has 94 valence electrons. The number of hydrogen-bond donors (Lipinski definition) is 2. The zero-order valence-corrected chi connectivity index (χ0v) is 10.5. The summed E-state index contributed by atoms with van der Waals surface area (Å²) in [4.78, 5) is 0. The van der Waals surface area contributed by atoms with Crippen molar-refractivity contribution in [2.24, 2.45) is 11.8 Å². The first-order chi connectivity index (χ1) is 7.66. The van der Waals surface area contributed by atoms with Gasteiger partial charge in [0, 0.05) is 6.04 Å². The summed E-state index contributed by atoms with van der Waals surface area (Å²) in [5.41, 5.74) is 0. The second-order valence-electron chi connectivity index (χ2n) is 5.73. The molecule has 2 fully saturated rings. The molecule has 1 saturated carbocycles. The highest BCUT2D eigenvalue weighted by molar-refractivity contribution is 4.86. The second kappa shape index (κ2) is 5.48. The molecule has 0 amide bonds. The first kappa shape index (κ1) is 12.3.